The van der Waals surface area contributed by atoms with Crippen molar-refractivity contribution >= 4 is 17.5 Å². The second-order valence-corrected chi connectivity index (χ2v) is 2.68. The molecule has 0 aromatic carbocycles. The summed E-state index contributed by atoms with van der Waals surface area (Å²) < 4.78 is 0. The smallest absolute Gasteiger partial charge is 0.245 e. The van der Waals surface area contributed by atoms with E-state index in [9.17, 15) is 4.79 Å². The molecule has 0 spiro atoms. The van der Waals surface area contributed by atoms with Crippen molar-refractivity contribution in [2.24, 2.45) is 5.73 Å². The molecule has 0 aliphatic carbocycles. The fourth-order valence-corrected chi connectivity index (χ4v) is 0.782. The highest BCUT2D eigenvalue weighted by Crippen LogP contribution is 2.14. The van der Waals surface area contributed by atoms with Gasteiger partial charge in [0.2, 0.25) is 5.91 Å². The van der Waals surface area contributed by atoms with E-state index in [2.05, 4.69) is 0 Å². The Morgan fingerprint density at radius 1 is 1.64 bits per heavy atom. The van der Waals surface area contributed by atoms with Crippen LogP contribution in [-0.2, 0) is 4.79 Å². The van der Waals surface area contributed by atoms with E-state index in [0.29, 0.717) is 23.4 Å². The molecule has 0 atom stereocenters. The van der Waals surface area contributed by atoms with Crippen molar-refractivity contribution in [2.75, 3.05) is 6.61 Å². The molecular weight excluding hydrogens is 166 g/mol. The topological polar surface area (TPSA) is 63.3 Å². The zero-order valence-corrected chi connectivity index (χ0v) is 7.19. The number of halogens is 1. The highest BCUT2D eigenvalue weighted by atomic mass is 35.5. The van der Waals surface area contributed by atoms with Gasteiger partial charge in [-0.2, -0.15) is 0 Å². The second-order valence-electron chi connectivity index (χ2n) is 2.22. The maximum Gasteiger partial charge on any atom is 0.245 e. The lowest BCUT2D eigenvalue weighted by Gasteiger charge is -1.99. The van der Waals surface area contributed by atoms with Gasteiger partial charge in [0.05, 0.1) is 0 Å². The third-order valence-corrected chi connectivity index (χ3v) is 1.80. The zero-order valence-electron chi connectivity index (χ0n) is 6.43. The summed E-state index contributed by atoms with van der Waals surface area (Å²) in [4.78, 5) is 10.5. The standard InChI is InChI=1S/C7H12ClNO2/c1-5(7(9)11)6(8)3-2-4-10/h10H,2-4H2,1H3,(H2,9,11). The van der Waals surface area contributed by atoms with Gasteiger partial charge in [-0.15, -0.1) is 0 Å². The predicted molar refractivity (Wildman–Crippen MR) is 44.1 cm³/mol. The van der Waals surface area contributed by atoms with Crippen molar-refractivity contribution in [1.82, 2.24) is 0 Å². The van der Waals surface area contributed by atoms with Gasteiger partial charge in [0, 0.05) is 17.2 Å². The molecule has 0 aromatic heterocycles. The number of nitrogens with two attached hydrogens (primary N) is 1. The molecule has 0 aromatic rings. The summed E-state index contributed by atoms with van der Waals surface area (Å²) in [7, 11) is 0. The number of rotatable bonds is 4. The average Bonchev–Trinajstić information content (AvgIpc) is 1.98. The molecule has 0 aliphatic heterocycles. The first-order chi connectivity index (χ1) is 5.09. The fraction of sp³-hybridized carbons (Fsp3) is 0.571. The van der Waals surface area contributed by atoms with Gasteiger partial charge >= 0.3 is 0 Å². The lowest BCUT2D eigenvalue weighted by molar-refractivity contribution is -0.114. The van der Waals surface area contributed by atoms with E-state index >= 15 is 0 Å². The number of aliphatic hydroxyl groups excluding tert-OH is 1. The third kappa shape index (κ3) is 4.01. The lowest BCUT2D eigenvalue weighted by atomic mass is 10.2. The normalized spacial score (nSPS) is 12.6. The number of hydrogen-bond donors (Lipinski definition) is 2. The van der Waals surface area contributed by atoms with Crippen molar-refractivity contribution in [3.05, 3.63) is 10.6 Å². The van der Waals surface area contributed by atoms with Crippen LogP contribution < -0.4 is 5.73 Å². The fourth-order valence-electron chi connectivity index (χ4n) is 0.555. The molecule has 11 heavy (non-hydrogen) atoms. The molecule has 64 valence electrons. The molecule has 0 radical (unpaired) electrons. The van der Waals surface area contributed by atoms with Gasteiger partial charge in [-0.05, 0) is 19.8 Å². The predicted octanol–water partition coefficient (Wildman–Crippen LogP) is 0.757. The van der Waals surface area contributed by atoms with Crippen molar-refractivity contribution in [2.45, 2.75) is 19.8 Å². The average molecular weight is 178 g/mol. The minimum absolute atomic E-state index is 0.0717. The molecule has 0 aliphatic rings. The van der Waals surface area contributed by atoms with E-state index < -0.39 is 5.91 Å². The Hall–Kier alpha value is -0.540. The molecule has 3 N–H and O–H groups in total. The molecule has 3 nitrogen and oxygen atoms in total. The van der Waals surface area contributed by atoms with Crippen LogP contribution in [0.2, 0.25) is 0 Å². The van der Waals surface area contributed by atoms with Gasteiger partial charge in [0.25, 0.3) is 0 Å². The molecule has 0 saturated carbocycles. The summed E-state index contributed by atoms with van der Waals surface area (Å²) >= 11 is 5.67. The van der Waals surface area contributed by atoms with E-state index in [1.54, 1.807) is 6.92 Å². The van der Waals surface area contributed by atoms with Gasteiger partial charge in [-0.25, -0.2) is 0 Å². The molecule has 0 saturated heterocycles. The van der Waals surface area contributed by atoms with Crippen LogP contribution in [0, 0.1) is 0 Å². The Bertz CT molecular complexity index is 177. The first-order valence-corrected chi connectivity index (χ1v) is 3.73. The minimum atomic E-state index is -0.507. The first-order valence-electron chi connectivity index (χ1n) is 3.35. The summed E-state index contributed by atoms with van der Waals surface area (Å²) in [6.45, 7) is 1.64. The number of carbonyl (C=O) groups is 1. The maximum atomic E-state index is 10.5. The molecule has 0 fully saturated rings. The zero-order chi connectivity index (χ0) is 8.85. The summed E-state index contributed by atoms with van der Waals surface area (Å²) in [5.41, 5.74) is 5.34. The Morgan fingerprint density at radius 2 is 2.18 bits per heavy atom. The van der Waals surface area contributed by atoms with Crippen molar-refractivity contribution in [3.63, 3.8) is 0 Å². The molecule has 0 bridgehead atoms. The minimum Gasteiger partial charge on any atom is -0.396 e. The SMILES string of the molecule is CC(C(N)=O)=C(Cl)CCCO. The second kappa shape index (κ2) is 5.16. The van der Waals surface area contributed by atoms with Crippen LogP contribution in [0.1, 0.15) is 19.8 Å². The summed E-state index contributed by atoms with van der Waals surface area (Å²) in [5.74, 6) is -0.507. The van der Waals surface area contributed by atoms with Gasteiger partial charge < -0.3 is 10.8 Å². The number of allylic oxidation sites excluding steroid dienone is 1. The van der Waals surface area contributed by atoms with E-state index in [1.807, 2.05) is 0 Å². The van der Waals surface area contributed by atoms with Gasteiger partial charge in [0.1, 0.15) is 0 Å². The largest absolute Gasteiger partial charge is 0.396 e. The van der Waals surface area contributed by atoms with Gasteiger partial charge in [-0.3, -0.25) is 4.79 Å². The Labute approximate surface area is 70.8 Å². The van der Waals surface area contributed by atoms with E-state index in [0.717, 1.165) is 0 Å². The Kier molecular flexibility index (Phi) is 4.90. The van der Waals surface area contributed by atoms with Crippen LogP contribution in [0.4, 0.5) is 0 Å². The maximum absolute atomic E-state index is 10.5. The Morgan fingerprint density at radius 3 is 2.55 bits per heavy atom. The van der Waals surface area contributed by atoms with E-state index in [4.69, 9.17) is 22.4 Å². The molecule has 4 heteroatoms. The van der Waals surface area contributed by atoms with Crippen LogP contribution in [0.3, 0.4) is 0 Å². The molecule has 0 heterocycles. The first kappa shape index (κ1) is 10.5. The van der Waals surface area contributed by atoms with Crippen molar-refractivity contribution < 1.29 is 9.90 Å². The van der Waals surface area contributed by atoms with Crippen molar-refractivity contribution in [3.8, 4) is 0 Å². The van der Waals surface area contributed by atoms with Crippen LogP contribution in [0.5, 0.6) is 0 Å². The van der Waals surface area contributed by atoms with Crippen LogP contribution in [0.15, 0.2) is 10.6 Å². The number of amides is 1. The lowest BCUT2D eigenvalue weighted by Crippen LogP contribution is -2.12. The molecule has 0 unspecified atom stereocenters. The molecular formula is C7H12ClNO2. The van der Waals surface area contributed by atoms with Crippen LogP contribution in [-0.4, -0.2) is 17.6 Å². The number of aliphatic hydroxyl groups is 1. The van der Waals surface area contributed by atoms with Gasteiger partial charge in [0.15, 0.2) is 0 Å². The quantitative estimate of drug-likeness (QED) is 0.623. The summed E-state index contributed by atoms with van der Waals surface area (Å²) in [5, 5.41) is 8.87. The third-order valence-electron chi connectivity index (χ3n) is 1.33. The van der Waals surface area contributed by atoms with Crippen LogP contribution in [0.25, 0.3) is 0 Å². The summed E-state index contributed by atoms with van der Waals surface area (Å²) in [6, 6.07) is 0. The molecule has 0 rings (SSSR count). The highest BCUT2D eigenvalue weighted by molar-refractivity contribution is 6.31. The monoisotopic (exact) mass is 177 g/mol. The van der Waals surface area contributed by atoms with Crippen molar-refractivity contribution in [1.29, 1.82) is 0 Å². The number of hydrogen-bond acceptors (Lipinski definition) is 2. The van der Waals surface area contributed by atoms with Gasteiger partial charge in [-0.1, -0.05) is 11.6 Å². The highest BCUT2D eigenvalue weighted by Gasteiger charge is 2.03. The number of carbonyl (C=O) groups excluding carboxylic acids is 1. The summed E-state index contributed by atoms with van der Waals surface area (Å²) in [6.07, 6.45) is 1.07. The van der Waals surface area contributed by atoms with E-state index in [1.165, 1.54) is 0 Å². The number of primary amides is 1. The Balaban J connectivity index is 4.05. The van der Waals surface area contributed by atoms with E-state index in [-0.39, 0.29) is 6.61 Å². The van der Waals surface area contributed by atoms with Crippen LogP contribution >= 0.6 is 11.6 Å². The molecule has 1 amide bonds.